The summed E-state index contributed by atoms with van der Waals surface area (Å²) in [5.41, 5.74) is 0. The first-order chi connectivity index (χ1) is 5.86. The minimum atomic E-state index is -0.132. The number of hydrogen-bond donors (Lipinski definition) is 0. The van der Waals surface area contributed by atoms with Gasteiger partial charge in [-0.3, -0.25) is 0 Å². The highest BCUT2D eigenvalue weighted by molar-refractivity contribution is 5.20. The third-order valence-corrected chi connectivity index (χ3v) is 1.61. The Labute approximate surface area is 73.1 Å². The van der Waals surface area contributed by atoms with Crippen molar-refractivity contribution in [1.82, 2.24) is 0 Å². The second-order valence-corrected chi connectivity index (χ2v) is 2.50. The van der Waals surface area contributed by atoms with Crippen LogP contribution in [0, 0.1) is 0 Å². The molecule has 1 aromatic carbocycles. The Balaban J connectivity index is 2.51. The van der Waals surface area contributed by atoms with Gasteiger partial charge in [0.2, 0.25) is 0 Å². The first kappa shape index (κ1) is 9.07. The summed E-state index contributed by atoms with van der Waals surface area (Å²) < 4.78 is 10.6. The molecule has 66 valence electrons. The lowest BCUT2D eigenvalue weighted by molar-refractivity contribution is -0.0548. The van der Waals surface area contributed by atoms with E-state index in [0.29, 0.717) is 0 Å². The molecule has 0 aliphatic carbocycles. The van der Waals surface area contributed by atoms with E-state index in [1.807, 2.05) is 37.3 Å². The minimum absolute atomic E-state index is 0.132. The van der Waals surface area contributed by atoms with E-state index in [9.17, 15) is 0 Å². The van der Waals surface area contributed by atoms with Gasteiger partial charge in [0.05, 0.1) is 0 Å². The molecule has 0 spiro atoms. The summed E-state index contributed by atoms with van der Waals surface area (Å²) in [5.74, 6) is 0.853. The fraction of sp³-hybridized carbons (Fsp3) is 0.400. The third kappa shape index (κ3) is 2.55. The first-order valence-electron chi connectivity index (χ1n) is 4.11. The van der Waals surface area contributed by atoms with Crippen molar-refractivity contribution in [2.45, 2.75) is 19.6 Å². The second-order valence-electron chi connectivity index (χ2n) is 2.50. The van der Waals surface area contributed by atoms with Crippen LogP contribution in [0.25, 0.3) is 0 Å². The first-order valence-corrected chi connectivity index (χ1v) is 4.11. The van der Waals surface area contributed by atoms with Crippen LogP contribution in [0.1, 0.15) is 13.3 Å². The van der Waals surface area contributed by atoms with Crippen molar-refractivity contribution >= 4 is 0 Å². The van der Waals surface area contributed by atoms with Gasteiger partial charge in [-0.15, -0.1) is 0 Å². The lowest BCUT2D eigenvalue weighted by Crippen LogP contribution is -2.16. The maximum atomic E-state index is 5.49. The summed E-state index contributed by atoms with van der Waals surface area (Å²) in [6.45, 7) is 2.02. The lowest BCUT2D eigenvalue weighted by Gasteiger charge is -2.14. The summed E-state index contributed by atoms with van der Waals surface area (Å²) in [4.78, 5) is 0. The third-order valence-electron chi connectivity index (χ3n) is 1.61. The van der Waals surface area contributed by atoms with Gasteiger partial charge in [-0.1, -0.05) is 25.1 Å². The van der Waals surface area contributed by atoms with Gasteiger partial charge in [0.15, 0.2) is 6.29 Å². The maximum absolute atomic E-state index is 5.49. The zero-order chi connectivity index (χ0) is 8.81. The van der Waals surface area contributed by atoms with Crippen LogP contribution in [0.15, 0.2) is 30.3 Å². The molecule has 1 unspecified atom stereocenters. The molecule has 1 atom stereocenters. The Hall–Kier alpha value is -1.02. The number of para-hydroxylation sites is 1. The molecule has 0 bridgehead atoms. The highest BCUT2D eigenvalue weighted by Crippen LogP contribution is 2.12. The van der Waals surface area contributed by atoms with Gasteiger partial charge in [-0.25, -0.2) is 0 Å². The van der Waals surface area contributed by atoms with Gasteiger partial charge < -0.3 is 9.47 Å². The van der Waals surface area contributed by atoms with Crippen molar-refractivity contribution in [2.75, 3.05) is 7.11 Å². The molecule has 12 heavy (non-hydrogen) atoms. The standard InChI is InChI=1S/C10H14O2/c1-3-10(11-2)12-9-7-5-4-6-8-9/h4-8,10H,3H2,1-2H3. The number of ether oxygens (including phenoxy) is 2. The molecular formula is C10H14O2. The molecule has 0 N–H and O–H groups in total. The van der Waals surface area contributed by atoms with E-state index in [-0.39, 0.29) is 6.29 Å². The SMILES string of the molecule is CCC(OC)Oc1ccccc1. The normalized spacial score (nSPS) is 12.5. The van der Waals surface area contributed by atoms with Gasteiger partial charge in [0, 0.05) is 13.5 Å². The van der Waals surface area contributed by atoms with Crippen molar-refractivity contribution in [3.8, 4) is 5.75 Å². The van der Waals surface area contributed by atoms with E-state index in [1.54, 1.807) is 7.11 Å². The molecule has 0 amide bonds. The Kier molecular flexibility index (Phi) is 3.61. The summed E-state index contributed by atoms with van der Waals surface area (Å²) in [6, 6.07) is 9.68. The van der Waals surface area contributed by atoms with Crippen molar-refractivity contribution < 1.29 is 9.47 Å². The molecule has 2 heteroatoms. The predicted octanol–water partition coefficient (Wildman–Crippen LogP) is 2.45. The zero-order valence-corrected chi connectivity index (χ0v) is 7.49. The van der Waals surface area contributed by atoms with Crippen LogP contribution in [0.3, 0.4) is 0 Å². The number of rotatable bonds is 4. The lowest BCUT2D eigenvalue weighted by atomic mass is 10.3. The van der Waals surface area contributed by atoms with E-state index in [1.165, 1.54) is 0 Å². The Morgan fingerprint density at radius 3 is 2.42 bits per heavy atom. The highest BCUT2D eigenvalue weighted by Gasteiger charge is 2.03. The van der Waals surface area contributed by atoms with Crippen LogP contribution in [-0.4, -0.2) is 13.4 Å². The van der Waals surface area contributed by atoms with Gasteiger partial charge in [-0.05, 0) is 12.1 Å². The van der Waals surface area contributed by atoms with Gasteiger partial charge in [0.1, 0.15) is 5.75 Å². The van der Waals surface area contributed by atoms with Crippen molar-refractivity contribution in [1.29, 1.82) is 0 Å². The average Bonchev–Trinajstić information content (AvgIpc) is 2.16. The van der Waals surface area contributed by atoms with E-state index in [2.05, 4.69) is 0 Å². The second kappa shape index (κ2) is 4.78. The van der Waals surface area contributed by atoms with Gasteiger partial charge in [-0.2, -0.15) is 0 Å². The number of hydrogen-bond acceptors (Lipinski definition) is 2. The molecule has 0 aromatic heterocycles. The Morgan fingerprint density at radius 2 is 1.92 bits per heavy atom. The van der Waals surface area contributed by atoms with Crippen LogP contribution in [-0.2, 0) is 4.74 Å². The van der Waals surface area contributed by atoms with Crippen LogP contribution in [0.5, 0.6) is 5.75 Å². The number of methoxy groups -OCH3 is 1. The van der Waals surface area contributed by atoms with Gasteiger partial charge >= 0.3 is 0 Å². The highest BCUT2D eigenvalue weighted by atomic mass is 16.7. The van der Waals surface area contributed by atoms with Crippen molar-refractivity contribution in [2.24, 2.45) is 0 Å². The maximum Gasteiger partial charge on any atom is 0.199 e. The topological polar surface area (TPSA) is 18.5 Å². The summed E-state index contributed by atoms with van der Waals surface area (Å²) >= 11 is 0. The fourth-order valence-electron chi connectivity index (χ4n) is 0.949. The predicted molar refractivity (Wildman–Crippen MR) is 48.2 cm³/mol. The average molecular weight is 166 g/mol. The van der Waals surface area contributed by atoms with Crippen molar-refractivity contribution in [3.05, 3.63) is 30.3 Å². The number of benzene rings is 1. The molecule has 0 saturated carbocycles. The molecule has 0 aliphatic rings. The van der Waals surface area contributed by atoms with Gasteiger partial charge in [0.25, 0.3) is 0 Å². The zero-order valence-electron chi connectivity index (χ0n) is 7.49. The quantitative estimate of drug-likeness (QED) is 0.639. The van der Waals surface area contributed by atoms with Crippen LogP contribution in [0.2, 0.25) is 0 Å². The van der Waals surface area contributed by atoms with E-state index >= 15 is 0 Å². The Morgan fingerprint density at radius 1 is 1.25 bits per heavy atom. The molecule has 2 nitrogen and oxygen atoms in total. The molecule has 1 rings (SSSR count). The minimum Gasteiger partial charge on any atom is -0.465 e. The van der Waals surface area contributed by atoms with E-state index < -0.39 is 0 Å². The molecule has 0 aliphatic heterocycles. The fourth-order valence-corrected chi connectivity index (χ4v) is 0.949. The monoisotopic (exact) mass is 166 g/mol. The van der Waals surface area contributed by atoms with Crippen LogP contribution in [0.4, 0.5) is 0 Å². The largest absolute Gasteiger partial charge is 0.465 e. The molecule has 1 aromatic rings. The van der Waals surface area contributed by atoms with Crippen molar-refractivity contribution in [3.63, 3.8) is 0 Å². The van der Waals surface area contributed by atoms with E-state index in [0.717, 1.165) is 12.2 Å². The molecule has 0 fully saturated rings. The summed E-state index contributed by atoms with van der Waals surface area (Å²) in [7, 11) is 1.65. The summed E-state index contributed by atoms with van der Waals surface area (Å²) in [6.07, 6.45) is 0.721. The molecular weight excluding hydrogens is 152 g/mol. The smallest absolute Gasteiger partial charge is 0.199 e. The van der Waals surface area contributed by atoms with Crippen LogP contribution >= 0.6 is 0 Å². The molecule has 0 heterocycles. The van der Waals surface area contributed by atoms with Crippen LogP contribution < -0.4 is 4.74 Å². The summed E-state index contributed by atoms with van der Waals surface area (Å²) in [5, 5.41) is 0. The Bertz CT molecular complexity index is 204. The molecule has 0 radical (unpaired) electrons. The molecule has 0 saturated heterocycles. The van der Waals surface area contributed by atoms with E-state index in [4.69, 9.17) is 9.47 Å².